The second-order valence-corrected chi connectivity index (χ2v) is 8.58. The van der Waals surface area contributed by atoms with E-state index < -0.39 is 22.9 Å². The van der Waals surface area contributed by atoms with Crippen molar-refractivity contribution in [3.63, 3.8) is 0 Å². The number of aldehydes is 1. The Bertz CT molecular complexity index is 911. The van der Waals surface area contributed by atoms with Crippen molar-refractivity contribution in [1.82, 2.24) is 0 Å². The molecule has 1 aliphatic rings. The number of phenolic OH excluding ortho intramolecular Hbond substituents is 1. The zero-order valence-electron chi connectivity index (χ0n) is 15.8. The van der Waals surface area contributed by atoms with Gasteiger partial charge < -0.3 is 5.11 Å². The summed E-state index contributed by atoms with van der Waals surface area (Å²) in [4.78, 5) is 11.1. The van der Waals surface area contributed by atoms with E-state index in [1.807, 2.05) is 19.1 Å². The van der Waals surface area contributed by atoms with Crippen LogP contribution in [0.3, 0.4) is 0 Å². The molecule has 0 aliphatic heterocycles. The average molecular weight is 358 g/mol. The van der Waals surface area contributed by atoms with Crippen LogP contribution in [-0.2, 0) is 10.8 Å². The number of aromatic hydroxyl groups is 1. The van der Waals surface area contributed by atoms with Gasteiger partial charge in [0.05, 0.1) is 11.1 Å². The van der Waals surface area contributed by atoms with Gasteiger partial charge in [0.15, 0.2) is 17.9 Å². The number of carbonyl (C=O) groups is 1. The van der Waals surface area contributed by atoms with E-state index in [9.17, 15) is 18.7 Å². The minimum Gasteiger partial charge on any atom is -0.504 e. The Hall–Kier alpha value is -2.23. The normalized spacial score (nSPS) is 17.7. The molecular formula is C22H24F2O2. The van der Waals surface area contributed by atoms with Crippen molar-refractivity contribution < 1.29 is 18.7 Å². The van der Waals surface area contributed by atoms with Gasteiger partial charge in [-0.05, 0) is 65.0 Å². The van der Waals surface area contributed by atoms with Crippen molar-refractivity contribution in [3.05, 3.63) is 52.1 Å². The topological polar surface area (TPSA) is 37.3 Å². The summed E-state index contributed by atoms with van der Waals surface area (Å²) in [6.45, 7) is 10.5. The zero-order chi connectivity index (χ0) is 19.4. The first-order valence-electron chi connectivity index (χ1n) is 8.82. The number of hydrogen-bond donors (Lipinski definition) is 1. The molecule has 0 saturated heterocycles. The van der Waals surface area contributed by atoms with E-state index >= 15 is 0 Å². The van der Waals surface area contributed by atoms with Crippen LogP contribution in [0.2, 0.25) is 0 Å². The highest BCUT2D eigenvalue weighted by molar-refractivity contribution is 5.84. The van der Waals surface area contributed by atoms with Crippen LogP contribution >= 0.6 is 0 Å². The van der Waals surface area contributed by atoms with Crippen LogP contribution in [0, 0.1) is 18.6 Å². The van der Waals surface area contributed by atoms with E-state index in [-0.39, 0.29) is 22.7 Å². The van der Waals surface area contributed by atoms with E-state index in [0.29, 0.717) is 5.56 Å². The van der Waals surface area contributed by atoms with E-state index in [1.165, 1.54) is 5.56 Å². The molecule has 0 heterocycles. The third-order valence-electron chi connectivity index (χ3n) is 5.81. The second-order valence-electron chi connectivity index (χ2n) is 8.58. The highest BCUT2D eigenvalue weighted by atomic mass is 19.1. The molecule has 1 aliphatic carbocycles. The summed E-state index contributed by atoms with van der Waals surface area (Å²) in [6, 6.07) is 4.59. The Balaban J connectivity index is 2.37. The predicted molar refractivity (Wildman–Crippen MR) is 98.9 cm³/mol. The van der Waals surface area contributed by atoms with Crippen LogP contribution in [0.4, 0.5) is 8.78 Å². The van der Waals surface area contributed by atoms with Gasteiger partial charge in [-0.25, -0.2) is 8.78 Å². The first kappa shape index (κ1) is 18.6. The van der Waals surface area contributed by atoms with Crippen LogP contribution in [0.1, 0.15) is 67.6 Å². The molecule has 0 saturated carbocycles. The maximum Gasteiger partial charge on any atom is 0.166 e. The van der Waals surface area contributed by atoms with Crippen LogP contribution in [-0.4, -0.2) is 11.4 Å². The summed E-state index contributed by atoms with van der Waals surface area (Å²) in [5, 5.41) is 10.2. The highest BCUT2D eigenvalue weighted by Crippen LogP contribution is 2.48. The molecule has 0 radical (unpaired) electrons. The van der Waals surface area contributed by atoms with Gasteiger partial charge in [-0.2, -0.15) is 0 Å². The minimum atomic E-state index is -1.000. The fourth-order valence-electron chi connectivity index (χ4n) is 3.96. The number of hydrogen-bond acceptors (Lipinski definition) is 2. The molecule has 4 heteroatoms. The van der Waals surface area contributed by atoms with Gasteiger partial charge in [0.25, 0.3) is 0 Å². The number of aryl methyl sites for hydroxylation is 1. The Kier molecular flexibility index (Phi) is 4.21. The lowest BCUT2D eigenvalue weighted by atomic mass is 9.62. The molecule has 0 spiro atoms. The average Bonchev–Trinajstić information content (AvgIpc) is 2.56. The number of carbonyl (C=O) groups excluding carboxylic acids is 1. The summed E-state index contributed by atoms with van der Waals surface area (Å²) in [5.41, 5.74) is 2.68. The monoisotopic (exact) mass is 358 g/mol. The SMILES string of the molecule is Cc1cc2c(cc1-c1c(O)c(F)cc(C=O)c1F)C(C)(C)CCC2(C)C. The molecule has 2 aromatic rings. The molecule has 0 amide bonds. The van der Waals surface area contributed by atoms with E-state index in [2.05, 4.69) is 27.7 Å². The fourth-order valence-corrected chi connectivity index (χ4v) is 3.96. The van der Waals surface area contributed by atoms with Gasteiger partial charge in [-0.3, -0.25) is 4.79 Å². The number of fused-ring (bicyclic) bond motifs is 1. The molecule has 1 N–H and O–H groups in total. The molecule has 2 aromatic carbocycles. The molecule has 0 atom stereocenters. The lowest BCUT2D eigenvalue weighted by Crippen LogP contribution is -2.34. The van der Waals surface area contributed by atoms with Crippen LogP contribution in [0.15, 0.2) is 18.2 Å². The number of halogens is 2. The molecule has 0 bridgehead atoms. The highest BCUT2D eigenvalue weighted by Gasteiger charge is 2.38. The molecule has 0 fully saturated rings. The van der Waals surface area contributed by atoms with Crippen LogP contribution < -0.4 is 0 Å². The maximum atomic E-state index is 14.8. The van der Waals surface area contributed by atoms with Gasteiger partial charge in [-0.15, -0.1) is 0 Å². The molecule has 0 unspecified atom stereocenters. The van der Waals surface area contributed by atoms with E-state index in [4.69, 9.17) is 0 Å². The second kappa shape index (κ2) is 5.90. The fraction of sp³-hybridized carbons (Fsp3) is 0.409. The van der Waals surface area contributed by atoms with Crippen molar-refractivity contribution in [1.29, 1.82) is 0 Å². The quantitative estimate of drug-likeness (QED) is 0.688. The number of rotatable bonds is 2. The van der Waals surface area contributed by atoms with Gasteiger partial charge in [0, 0.05) is 0 Å². The smallest absolute Gasteiger partial charge is 0.166 e. The molecule has 26 heavy (non-hydrogen) atoms. The zero-order valence-corrected chi connectivity index (χ0v) is 15.8. The molecule has 2 nitrogen and oxygen atoms in total. The molecular weight excluding hydrogens is 334 g/mol. The molecule has 0 aromatic heterocycles. The van der Waals surface area contributed by atoms with Crippen LogP contribution in [0.25, 0.3) is 11.1 Å². The van der Waals surface area contributed by atoms with Gasteiger partial charge in [0.2, 0.25) is 0 Å². The Morgan fingerprint density at radius 3 is 2.08 bits per heavy atom. The van der Waals surface area contributed by atoms with E-state index in [0.717, 1.165) is 30.0 Å². The lowest BCUT2D eigenvalue weighted by Gasteiger charge is -2.42. The summed E-state index contributed by atoms with van der Waals surface area (Å²) >= 11 is 0. The van der Waals surface area contributed by atoms with Crippen molar-refractivity contribution in [2.24, 2.45) is 0 Å². The van der Waals surface area contributed by atoms with Gasteiger partial charge >= 0.3 is 0 Å². The first-order chi connectivity index (χ1) is 12.0. The number of phenols is 1. The summed E-state index contributed by atoms with van der Waals surface area (Å²) in [6.07, 6.45) is 2.29. The van der Waals surface area contributed by atoms with Gasteiger partial charge in [0.1, 0.15) is 5.82 Å². The van der Waals surface area contributed by atoms with Crippen LogP contribution in [0.5, 0.6) is 5.75 Å². The summed E-state index contributed by atoms with van der Waals surface area (Å²) in [7, 11) is 0. The third-order valence-corrected chi connectivity index (χ3v) is 5.81. The summed E-state index contributed by atoms with van der Waals surface area (Å²) < 4.78 is 28.9. The standard InChI is InChI=1S/C22H24F2O2/c1-12-8-15-16(22(4,5)7-6-21(15,2)3)10-14(12)18-19(24)13(11-25)9-17(23)20(18)26/h8-11,26H,6-7H2,1-5H3. The maximum absolute atomic E-state index is 14.8. The van der Waals surface area contributed by atoms with Gasteiger partial charge in [-0.1, -0.05) is 33.8 Å². The largest absolute Gasteiger partial charge is 0.504 e. The Morgan fingerprint density at radius 2 is 1.54 bits per heavy atom. The van der Waals surface area contributed by atoms with Crippen molar-refractivity contribution in [2.45, 2.75) is 58.3 Å². The van der Waals surface area contributed by atoms with Crippen molar-refractivity contribution >= 4 is 6.29 Å². The minimum absolute atomic E-state index is 0.00930. The molecule has 138 valence electrons. The Labute approximate surface area is 152 Å². The Morgan fingerprint density at radius 1 is 1.00 bits per heavy atom. The van der Waals surface area contributed by atoms with Crippen molar-refractivity contribution in [3.8, 4) is 16.9 Å². The van der Waals surface area contributed by atoms with E-state index in [1.54, 1.807) is 0 Å². The molecule has 3 rings (SSSR count). The predicted octanol–water partition coefficient (Wildman–Crippen LogP) is 5.81. The first-order valence-corrected chi connectivity index (χ1v) is 8.82. The van der Waals surface area contributed by atoms with Crippen molar-refractivity contribution in [2.75, 3.05) is 0 Å². The third kappa shape index (κ3) is 2.72. The lowest BCUT2D eigenvalue weighted by molar-refractivity contribution is 0.111. The summed E-state index contributed by atoms with van der Waals surface area (Å²) in [5.74, 6) is -2.65. The number of benzene rings is 2.